The van der Waals surface area contributed by atoms with Gasteiger partial charge in [-0.3, -0.25) is 14.4 Å². The van der Waals surface area contributed by atoms with E-state index in [1.807, 2.05) is 39.0 Å². The van der Waals surface area contributed by atoms with Gasteiger partial charge in [-0.15, -0.1) is 0 Å². The molecule has 0 unspecified atom stereocenters. The fourth-order valence-corrected chi connectivity index (χ4v) is 3.50. The molecule has 1 atom stereocenters. The van der Waals surface area contributed by atoms with Crippen molar-refractivity contribution in [3.05, 3.63) is 59.2 Å². The van der Waals surface area contributed by atoms with E-state index in [2.05, 4.69) is 10.6 Å². The van der Waals surface area contributed by atoms with E-state index in [1.165, 1.54) is 0 Å². The number of aryl methyl sites for hydroxylation is 1. The summed E-state index contributed by atoms with van der Waals surface area (Å²) in [5.41, 5.74) is 3.88. The molecule has 29 heavy (non-hydrogen) atoms. The molecule has 3 rings (SSSR count). The van der Waals surface area contributed by atoms with Crippen molar-refractivity contribution >= 4 is 29.1 Å². The monoisotopic (exact) mass is 393 g/mol. The van der Waals surface area contributed by atoms with Gasteiger partial charge in [-0.1, -0.05) is 31.2 Å². The van der Waals surface area contributed by atoms with E-state index < -0.39 is 5.92 Å². The Balaban J connectivity index is 1.74. The van der Waals surface area contributed by atoms with Crippen molar-refractivity contribution in [2.24, 2.45) is 5.92 Å². The number of carbonyl (C=O) groups is 3. The highest BCUT2D eigenvalue weighted by atomic mass is 16.2. The van der Waals surface area contributed by atoms with E-state index >= 15 is 0 Å². The molecule has 0 aliphatic carbocycles. The first kappa shape index (κ1) is 20.6. The molecule has 2 aromatic carbocycles. The lowest BCUT2D eigenvalue weighted by atomic mass is 10.1. The molecule has 1 heterocycles. The Morgan fingerprint density at radius 3 is 2.62 bits per heavy atom. The van der Waals surface area contributed by atoms with Gasteiger partial charge in [0.1, 0.15) is 0 Å². The predicted molar refractivity (Wildman–Crippen MR) is 114 cm³/mol. The number of nitrogens with zero attached hydrogens (tertiary/aromatic N) is 1. The number of anilines is 2. The summed E-state index contributed by atoms with van der Waals surface area (Å²) in [5.74, 6) is -0.994. The van der Waals surface area contributed by atoms with Gasteiger partial charge in [0.2, 0.25) is 11.8 Å². The molecule has 0 spiro atoms. The highest BCUT2D eigenvalue weighted by molar-refractivity contribution is 6.07. The van der Waals surface area contributed by atoms with E-state index in [0.717, 1.165) is 23.2 Å². The molecule has 0 bridgehead atoms. The fraction of sp³-hybridized carbons (Fsp3) is 0.348. The molecule has 1 saturated heterocycles. The molecular weight excluding hydrogens is 366 g/mol. The Hall–Kier alpha value is -3.15. The van der Waals surface area contributed by atoms with Crippen molar-refractivity contribution in [1.29, 1.82) is 0 Å². The molecular formula is C23H27N3O3. The van der Waals surface area contributed by atoms with Gasteiger partial charge in [-0.25, -0.2) is 0 Å². The maximum absolute atomic E-state index is 12.9. The van der Waals surface area contributed by atoms with Crippen LogP contribution in [0.3, 0.4) is 0 Å². The first-order valence-corrected chi connectivity index (χ1v) is 9.97. The van der Waals surface area contributed by atoms with Gasteiger partial charge in [-0.05, 0) is 49.6 Å². The smallest absolute Gasteiger partial charge is 0.253 e. The predicted octanol–water partition coefficient (Wildman–Crippen LogP) is 3.43. The van der Waals surface area contributed by atoms with Gasteiger partial charge >= 0.3 is 0 Å². The third-order valence-corrected chi connectivity index (χ3v) is 5.33. The van der Waals surface area contributed by atoms with E-state index in [0.29, 0.717) is 24.3 Å². The maximum atomic E-state index is 12.9. The molecule has 3 amide bonds. The van der Waals surface area contributed by atoms with Gasteiger partial charge in [0.05, 0.1) is 17.2 Å². The molecule has 6 nitrogen and oxygen atoms in total. The average Bonchev–Trinajstić information content (AvgIpc) is 3.10. The highest BCUT2D eigenvalue weighted by Crippen LogP contribution is 2.30. The quantitative estimate of drug-likeness (QED) is 0.789. The summed E-state index contributed by atoms with van der Waals surface area (Å²) >= 11 is 0. The van der Waals surface area contributed by atoms with Crippen LogP contribution in [-0.2, 0) is 9.59 Å². The SMILES string of the molecule is CCCNC(=O)c1ccccc1NC(=O)[C@@H]1CC(=O)N(c2cccc(C)c2C)C1. The second kappa shape index (κ2) is 8.90. The molecule has 1 fully saturated rings. The number of amides is 3. The van der Waals surface area contributed by atoms with Crippen molar-refractivity contribution in [3.63, 3.8) is 0 Å². The number of nitrogens with one attached hydrogen (secondary N) is 2. The van der Waals surface area contributed by atoms with Crippen LogP contribution in [0.4, 0.5) is 11.4 Å². The Labute approximate surface area is 171 Å². The normalized spacial score (nSPS) is 16.0. The second-order valence-corrected chi connectivity index (χ2v) is 7.42. The highest BCUT2D eigenvalue weighted by Gasteiger charge is 2.36. The molecule has 1 aliphatic heterocycles. The second-order valence-electron chi connectivity index (χ2n) is 7.42. The molecule has 6 heteroatoms. The summed E-state index contributed by atoms with van der Waals surface area (Å²) in [5, 5.41) is 5.68. The number of para-hydroxylation sites is 1. The van der Waals surface area contributed by atoms with Crippen LogP contribution in [-0.4, -0.2) is 30.8 Å². The van der Waals surface area contributed by atoms with Crippen LogP contribution in [0.1, 0.15) is 41.3 Å². The Bertz CT molecular complexity index is 939. The number of hydrogen-bond donors (Lipinski definition) is 2. The van der Waals surface area contributed by atoms with Crippen LogP contribution >= 0.6 is 0 Å². The molecule has 2 aromatic rings. The minimum atomic E-state index is -0.464. The van der Waals surface area contributed by atoms with Crippen LogP contribution in [0.2, 0.25) is 0 Å². The summed E-state index contributed by atoms with van der Waals surface area (Å²) in [4.78, 5) is 39.5. The standard InChI is InChI=1S/C23H27N3O3/c1-4-12-24-23(29)18-9-5-6-10-19(18)25-22(28)17-13-21(27)26(14-17)20-11-7-8-15(2)16(20)3/h5-11,17H,4,12-14H2,1-3H3,(H,24,29)(H,25,28)/t17-/m1/s1. The molecule has 0 aromatic heterocycles. The van der Waals surface area contributed by atoms with Crippen LogP contribution < -0.4 is 15.5 Å². The summed E-state index contributed by atoms with van der Waals surface area (Å²) < 4.78 is 0. The lowest BCUT2D eigenvalue weighted by Crippen LogP contribution is -2.30. The Morgan fingerprint density at radius 2 is 1.86 bits per heavy atom. The summed E-state index contributed by atoms with van der Waals surface area (Å²) in [6, 6.07) is 12.8. The minimum Gasteiger partial charge on any atom is -0.352 e. The molecule has 1 aliphatic rings. The summed E-state index contributed by atoms with van der Waals surface area (Å²) in [6.07, 6.45) is 0.988. The van der Waals surface area contributed by atoms with Gasteiger partial charge in [0.15, 0.2) is 0 Å². The summed E-state index contributed by atoms with van der Waals surface area (Å²) in [7, 11) is 0. The van der Waals surface area contributed by atoms with Crippen molar-refractivity contribution in [3.8, 4) is 0 Å². The van der Waals surface area contributed by atoms with Gasteiger partial charge < -0.3 is 15.5 Å². The van der Waals surface area contributed by atoms with E-state index in [-0.39, 0.29) is 24.1 Å². The molecule has 0 radical (unpaired) electrons. The summed E-state index contributed by atoms with van der Waals surface area (Å²) in [6.45, 7) is 6.87. The Kier molecular flexibility index (Phi) is 6.32. The third-order valence-electron chi connectivity index (χ3n) is 5.33. The number of rotatable bonds is 6. The van der Waals surface area contributed by atoms with E-state index in [4.69, 9.17) is 0 Å². The fourth-order valence-electron chi connectivity index (χ4n) is 3.50. The minimum absolute atomic E-state index is 0.0622. The van der Waals surface area contributed by atoms with Gasteiger partial charge in [0, 0.05) is 25.2 Å². The first-order valence-electron chi connectivity index (χ1n) is 9.97. The van der Waals surface area contributed by atoms with Gasteiger partial charge in [0.25, 0.3) is 5.91 Å². The zero-order chi connectivity index (χ0) is 21.0. The molecule has 152 valence electrons. The zero-order valence-electron chi connectivity index (χ0n) is 17.1. The Morgan fingerprint density at radius 1 is 1.10 bits per heavy atom. The largest absolute Gasteiger partial charge is 0.352 e. The van der Waals surface area contributed by atoms with Crippen LogP contribution in [0.25, 0.3) is 0 Å². The van der Waals surface area contributed by atoms with E-state index in [9.17, 15) is 14.4 Å². The van der Waals surface area contributed by atoms with Crippen LogP contribution in [0, 0.1) is 19.8 Å². The van der Waals surface area contributed by atoms with E-state index in [1.54, 1.807) is 29.2 Å². The van der Waals surface area contributed by atoms with Crippen LogP contribution in [0.15, 0.2) is 42.5 Å². The zero-order valence-corrected chi connectivity index (χ0v) is 17.1. The number of carbonyl (C=O) groups excluding carboxylic acids is 3. The van der Waals surface area contributed by atoms with Crippen LogP contribution in [0.5, 0.6) is 0 Å². The number of benzene rings is 2. The molecule has 2 N–H and O–H groups in total. The van der Waals surface area contributed by atoms with Gasteiger partial charge in [-0.2, -0.15) is 0 Å². The lowest BCUT2D eigenvalue weighted by Gasteiger charge is -2.20. The topological polar surface area (TPSA) is 78.5 Å². The average molecular weight is 393 g/mol. The molecule has 0 saturated carbocycles. The van der Waals surface area contributed by atoms with Crippen molar-refractivity contribution < 1.29 is 14.4 Å². The maximum Gasteiger partial charge on any atom is 0.253 e. The van der Waals surface area contributed by atoms with Crippen molar-refractivity contribution in [2.75, 3.05) is 23.3 Å². The van der Waals surface area contributed by atoms with Crippen molar-refractivity contribution in [2.45, 2.75) is 33.6 Å². The number of hydrogen-bond acceptors (Lipinski definition) is 3. The first-order chi connectivity index (χ1) is 13.9. The third kappa shape index (κ3) is 4.47. The van der Waals surface area contributed by atoms with Crippen molar-refractivity contribution in [1.82, 2.24) is 5.32 Å². The lowest BCUT2D eigenvalue weighted by molar-refractivity contribution is -0.122.